The highest BCUT2D eigenvalue weighted by Crippen LogP contribution is 2.42. The van der Waals surface area contributed by atoms with E-state index in [9.17, 15) is 4.79 Å². The van der Waals surface area contributed by atoms with Gasteiger partial charge >= 0.3 is 5.97 Å². The number of hydrogen-bond donors (Lipinski definition) is 1. The molecule has 0 spiro atoms. The highest BCUT2D eigenvalue weighted by molar-refractivity contribution is 7.98. The first kappa shape index (κ1) is 23.1. The molecule has 1 saturated carbocycles. The minimum absolute atomic E-state index is 0.197. The maximum atomic E-state index is 10.7. The number of carboxylic acids is 1. The zero-order chi connectivity index (χ0) is 22.5. The summed E-state index contributed by atoms with van der Waals surface area (Å²) in [4.78, 5) is 13.2. The molecule has 2 aromatic heterocycles. The van der Waals surface area contributed by atoms with Crippen molar-refractivity contribution in [3.63, 3.8) is 0 Å². The number of nitrogens with zero attached hydrogens (tertiary/aromatic N) is 2. The van der Waals surface area contributed by atoms with Gasteiger partial charge < -0.3 is 9.84 Å². The van der Waals surface area contributed by atoms with Gasteiger partial charge in [-0.25, -0.2) is 4.79 Å². The van der Waals surface area contributed by atoms with Gasteiger partial charge in [0.15, 0.2) is 0 Å². The van der Waals surface area contributed by atoms with Crippen LogP contribution in [0.15, 0.2) is 47.5 Å². The Kier molecular flexibility index (Phi) is 7.71. The van der Waals surface area contributed by atoms with E-state index in [4.69, 9.17) is 14.9 Å². The van der Waals surface area contributed by atoms with Gasteiger partial charge in [0.25, 0.3) is 0 Å². The molecule has 1 aromatic carbocycles. The Morgan fingerprint density at radius 1 is 1.16 bits per heavy atom. The van der Waals surface area contributed by atoms with Crippen molar-refractivity contribution in [1.29, 1.82) is 0 Å². The third-order valence-corrected chi connectivity index (χ3v) is 7.93. The smallest absolute Gasteiger partial charge is 0.329 e. The van der Waals surface area contributed by atoms with Gasteiger partial charge in [0.2, 0.25) is 0 Å². The number of ether oxygens (including phenoxy) is 1. The van der Waals surface area contributed by atoms with E-state index in [1.165, 1.54) is 20.3 Å². The highest BCUT2D eigenvalue weighted by atomic mass is 32.2. The van der Waals surface area contributed by atoms with Gasteiger partial charge in [-0.2, -0.15) is 5.10 Å². The van der Waals surface area contributed by atoms with Crippen molar-refractivity contribution >= 4 is 29.1 Å². The molecule has 0 amide bonds. The minimum Gasteiger partial charge on any atom is -0.480 e. The molecule has 3 aromatic rings. The van der Waals surface area contributed by atoms with Crippen LogP contribution in [0.25, 0.3) is 21.7 Å². The van der Waals surface area contributed by atoms with E-state index in [2.05, 4.69) is 54.3 Å². The molecule has 1 fully saturated rings. The topological polar surface area (TPSA) is 64.4 Å². The number of carboxylic acid groups (broad SMARTS) is 1. The van der Waals surface area contributed by atoms with Crippen LogP contribution in [0.3, 0.4) is 0 Å². The van der Waals surface area contributed by atoms with E-state index in [-0.39, 0.29) is 6.61 Å². The molecule has 32 heavy (non-hydrogen) atoms. The van der Waals surface area contributed by atoms with Crippen LogP contribution in [-0.2, 0) is 16.1 Å². The van der Waals surface area contributed by atoms with Crippen molar-refractivity contribution < 1.29 is 14.6 Å². The maximum Gasteiger partial charge on any atom is 0.329 e. The fourth-order valence-electron chi connectivity index (χ4n) is 4.50. The summed E-state index contributed by atoms with van der Waals surface area (Å²) in [7, 11) is 0. The van der Waals surface area contributed by atoms with E-state index >= 15 is 0 Å². The number of thioether (sulfide) groups is 1. The molecule has 1 aliphatic rings. The molecule has 0 bridgehead atoms. The van der Waals surface area contributed by atoms with E-state index in [1.54, 1.807) is 11.8 Å². The second-order valence-electron chi connectivity index (χ2n) is 8.49. The molecular formula is C25H30N2O3S2. The van der Waals surface area contributed by atoms with E-state index in [0.717, 1.165) is 43.5 Å². The quantitative estimate of drug-likeness (QED) is 0.376. The number of aryl methyl sites for hydroxylation is 1. The maximum absolute atomic E-state index is 10.7. The number of aliphatic carboxylic acids is 1. The third kappa shape index (κ3) is 5.45. The van der Waals surface area contributed by atoms with Crippen LogP contribution < -0.4 is 0 Å². The third-order valence-electron chi connectivity index (χ3n) is 6.11. The molecule has 0 atom stereocenters. The predicted molar refractivity (Wildman–Crippen MR) is 131 cm³/mol. The average Bonchev–Trinajstić information content (AvgIpc) is 3.38. The van der Waals surface area contributed by atoms with Crippen LogP contribution in [-0.4, -0.2) is 40.3 Å². The van der Waals surface area contributed by atoms with Crippen molar-refractivity contribution in [2.75, 3.05) is 19.5 Å². The minimum atomic E-state index is -0.895. The molecule has 5 nitrogen and oxygen atoms in total. The predicted octanol–water partition coefficient (Wildman–Crippen LogP) is 6.22. The van der Waals surface area contributed by atoms with Crippen molar-refractivity contribution in [2.45, 2.75) is 44.2 Å². The van der Waals surface area contributed by atoms with E-state index < -0.39 is 5.97 Å². The average molecular weight is 471 g/mol. The second-order valence-corrected chi connectivity index (χ2v) is 10.6. The molecule has 0 unspecified atom stereocenters. The summed E-state index contributed by atoms with van der Waals surface area (Å²) in [6.07, 6.45) is 6.57. The largest absolute Gasteiger partial charge is 0.480 e. The zero-order valence-corrected chi connectivity index (χ0v) is 20.3. The van der Waals surface area contributed by atoms with Gasteiger partial charge in [0.1, 0.15) is 17.3 Å². The molecule has 0 saturated heterocycles. The van der Waals surface area contributed by atoms with Crippen LogP contribution in [0.4, 0.5) is 0 Å². The van der Waals surface area contributed by atoms with Crippen LogP contribution in [0.5, 0.6) is 0 Å². The summed E-state index contributed by atoms with van der Waals surface area (Å²) in [5.74, 6) is 0.152. The first-order valence-electron chi connectivity index (χ1n) is 11.1. The Balaban J connectivity index is 1.53. The number of aromatic nitrogens is 2. The highest BCUT2D eigenvalue weighted by Gasteiger charge is 2.26. The fourth-order valence-corrected chi connectivity index (χ4v) is 6.22. The Labute approximate surface area is 197 Å². The lowest BCUT2D eigenvalue weighted by atomic mass is 9.82. The summed E-state index contributed by atoms with van der Waals surface area (Å²) in [5.41, 5.74) is 3.46. The summed E-state index contributed by atoms with van der Waals surface area (Å²) in [5, 5.41) is 15.1. The van der Waals surface area contributed by atoms with Crippen molar-refractivity contribution in [3.8, 4) is 21.7 Å². The van der Waals surface area contributed by atoms with Gasteiger partial charge in [-0.3, -0.25) is 4.68 Å². The van der Waals surface area contributed by atoms with Crippen LogP contribution >= 0.6 is 23.1 Å². The van der Waals surface area contributed by atoms with E-state index in [1.807, 2.05) is 17.4 Å². The molecule has 1 N–H and O–H groups in total. The summed E-state index contributed by atoms with van der Waals surface area (Å²) in [6.45, 7) is 3.43. The van der Waals surface area contributed by atoms with Crippen LogP contribution in [0, 0.1) is 18.8 Å². The van der Waals surface area contributed by atoms with Crippen LogP contribution in [0.2, 0.25) is 0 Å². The molecule has 170 valence electrons. The zero-order valence-electron chi connectivity index (χ0n) is 18.6. The SMILES string of the molecule is CSc1c(-c2ccc(C)s2)c(-c2ccccc2)nn1CC1CCC(COCC(=O)O)CC1. The molecular weight excluding hydrogens is 440 g/mol. The van der Waals surface area contributed by atoms with Gasteiger partial charge in [-0.05, 0) is 62.8 Å². The first-order chi connectivity index (χ1) is 15.5. The van der Waals surface area contributed by atoms with Crippen molar-refractivity contribution in [2.24, 2.45) is 11.8 Å². The lowest BCUT2D eigenvalue weighted by molar-refractivity contribution is -0.142. The Morgan fingerprint density at radius 3 is 2.50 bits per heavy atom. The Bertz CT molecular complexity index is 1040. The van der Waals surface area contributed by atoms with Gasteiger partial charge in [-0.1, -0.05) is 30.3 Å². The number of hydrogen-bond acceptors (Lipinski definition) is 5. The van der Waals surface area contributed by atoms with Gasteiger partial charge in [-0.15, -0.1) is 23.1 Å². The fraction of sp³-hybridized carbons (Fsp3) is 0.440. The number of thiophene rings is 1. The van der Waals surface area contributed by atoms with Crippen molar-refractivity contribution in [1.82, 2.24) is 9.78 Å². The molecule has 4 rings (SSSR count). The normalized spacial score (nSPS) is 18.7. The standard InChI is InChI=1S/C25H30N2O3S2/c1-17-8-13-21(32-17)23-24(20-6-4-3-5-7-20)26-27(25(23)31-2)14-18-9-11-19(12-10-18)15-30-16-22(28)29/h3-8,13,18-19H,9-12,14-16H2,1-2H3,(H,28,29). The summed E-state index contributed by atoms with van der Waals surface area (Å²) < 4.78 is 7.55. The molecule has 7 heteroatoms. The Morgan fingerprint density at radius 2 is 1.88 bits per heavy atom. The molecule has 1 aliphatic carbocycles. The van der Waals surface area contributed by atoms with Gasteiger partial charge in [0, 0.05) is 21.9 Å². The lowest BCUT2D eigenvalue weighted by Gasteiger charge is -2.28. The monoisotopic (exact) mass is 470 g/mol. The molecule has 0 aliphatic heterocycles. The van der Waals surface area contributed by atoms with Crippen LogP contribution in [0.1, 0.15) is 30.6 Å². The summed E-state index contributed by atoms with van der Waals surface area (Å²) >= 11 is 3.60. The lowest BCUT2D eigenvalue weighted by Crippen LogP contribution is -2.23. The van der Waals surface area contributed by atoms with Gasteiger partial charge in [0.05, 0.1) is 12.2 Å². The number of carbonyl (C=O) groups is 1. The number of rotatable bonds is 9. The first-order valence-corrected chi connectivity index (χ1v) is 13.2. The van der Waals surface area contributed by atoms with Crippen molar-refractivity contribution in [3.05, 3.63) is 47.3 Å². The molecule has 0 radical (unpaired) electrons. The van der Waals surface area contributed by atoms with E-state index in [0.29, 0.717) is 18.4 Å². The summed E-state index contributed by atoms with van der Waals surface area (Å²) in [6, 6.07) is 14.9. The molecule has 2 heterocycles. The Hall–Kier alpha value is -2.09. The second kappa shape index (κ2) is 10.7. The number of benzene rings is 1.